The second-order valence-corrected chi connectivity index (χ2v) is 5.54. The van der Waals surface area contributed by atoms with Crippen molar-refractivity contribution in [3.63, 3.8) is 0 Å². The number of rotatable bonds is 6. The molecule has 2 aromatic carbocycles. The molecular weight excluding hydrogens is 344 g/mol. The Bertz CT molecular complexity index is 788. The average molecular weight is 361 g/mol. The van der Waals surface area contributed by atoms with Gasteiger partial charge in [0.05, 0.1) is 18.9 Å². The SMILES string of the molecule is COC(=O)c1ccc(/C=N\NC(=O)COc2ccc(Cl)cc2C)cc1. The van der Waals surface area contributed by atoms with Gasteiger partial charge in [0.2, 0.25) is 0 Å². The molecule has 130 valence electrons. The highest BCUT2D eigenvalue weighted by Crippen LogP contribution is 2.21. The van der Waals surface area contributed by atoms with E-state index in [1.165, 1.54) is 13.3 Å². The number of amides is 1. The van der Waals surface area contributed by atoms with Gasteiger partial charge in [-0.25, -0.2) is 10.2 Å². The van der Waals surface area contributed by atoms with E-state index in [0.717, 1.165) is 11.1 Å². The Morgan fingerprint density at radius 1 is 1.20 bits per heavy atom. The van der Waals surface area contributed by atoms with Crippen molar-refractivity contribution < 1.29 is 19.1 Å². The van der Waals surface area contributed by atoms with Crippen molar-refractivity contribution in [2.24, 2.45) is 5.10 Å². The fourth-order valence-electron chi connectivity index (χ4n) is 1.95. The number of halogens is 1. The Hall–Kier alpha value is -2.86. The maximum atomic E-state index is 11.7. The number of hydrogen-bond acceptors (Lipinski definition) is 5. The van der Waals surface area contributed by atoms with Crippen molar-refractivity contribution in [1.82, 2.24) is 5.43 Å². The average Bonchev–Trinajstić information content (AvgIpc) is 2.61. The standard InChI is InChI=1S/C18H17ClN2O4/c1-12-9-15(19)7-8-16(12)25-11-17(22)21-20-10-13-3-5-14(6-4-13)18(23)24-2/h3-10H,11H2,1-2H3,(H,21,22)/b20-10-. The number of carbonyl (C=O) groups excluding carboxylic acids is 2. The second-order valence-electron chi connectivity index (χ2n) is 5.11. The highest BCUT2D eigenvalue weighted by Gasteiger charge is 2.05. The first-order valence-corrected chi connectivity index (χ1v) is 7.76. The molecule has 0 bridgehead atoms. The number of esters is 1. The third-order valence-electron chi connectivity index (χ3n) is 3.23. The number of nitrogens with one attached hydrogen (secondary N) is 1. The van der Waals surface area contributed by atoms with Gasteiger partial charge in [0.15, 0.2) is 6.61 Å². The van der Waals surface area contributed by atoms with Crippen molar-refractivity contribution in [3.8, 4) is 5.75 Å². The molecule has 0 radical (unpaired) electrons. The van der Waals surface area contributed by atoms with Crippen LogP contribution in [-0.4, -0.2) is 31.8 Å². The van der Waals surface area contributed by atoms with Crippen LogP contribution in [0.4, 0.5) is 0 Å². The van der Waals surface area contributed by atoms with Crippen molar-refractivity contribution in [3.05, 3.63) is 64.2 Å². The lowest BCUT2D eigenvalue weighted by molar-refractivity contribution is -0.123. The van der Waals surface area contributed by atoms with Crippen LogP contribution in [0.3, 0.4) is 0 Å². The first-order chi connectivity index (χ1) is 12.0. The summed E-state index contributed by atoms with van der Waals surface area (Å²) in [6.07, 6.45) is 1.46. The van der Waals surface area contributed by atoms with E-state index >= 15 is 0 Å². The van der Waals surface area contributed by atoms with Crippen LogP contribution >= 0.6 is 11.6 Å². The smallest absolute Gasteiger partial charge is 0.337 e. The van der Waals surface area contributed by atoms with E-state index in [0.29, 0.717) is 16.3 Å². The van der Waals surface area contributed by atoms with Gasteiger partial charge in [0.25, 0.3) is 5.91 Å². The molecule has 1 N–H and O–H groups in total. The van der Waals surface area contributed by atoms with E-state index < -0.39 is 11.9 Å². The Balaban J connectivity index is 1.83. The summed E-state index contributed by atoms with van der Waals surface area (Å²) in [4.78, 5) is 23.1. The molecule has 0 saturated heterocycles. The predicted octanol–water partition coefficient (Wildman–Crippen LogP) is 2.96. The van der Waals surface area contributed by atoms with E-state index in [1.54, 1.807) is 42.5 Å². The summed E-state index contributed by atoms with van der Waals surface area (Å²) >= 11 is 5.86. The van der Waals surface area contributed by atoms with Gasteiger partial charge in [-0.2, -0.15) is 5.10 Å². The highest BCUT2D eigenvalue weighted by molar-refractivity contribution is 6.30. The molecule has 0 aliphatic heterocycles. The van der Waals surface area contributed by atoms with Gasteiger partial charge in [-0.3, -0.25) is 4.79 Å². The molecule has 1 amide bonds. The van der Waals surface area contributed by atoms with Gasteiger partial charge < -0.3 is 9.47 Å². The van der Waals surface area contributed by atoms with Crippen molar-refractivity contribution in [1.29, 1.82) is 0 Å². The van der Waals surface area contributed by atoms with E-state index in [-0.39, 0.29) is 6.61 Å². The maximum absolute atomic E-state index is 11.7. The monoisotopic (exact) mass is 360 g/mol. The van der Waals surface area contributed by atoms with Gasteiger partial charge in [-0.1, -0.05) is 23.7 Å². The Labute approximate surface area is 150 Å². The van der Waals surface area contributed by atoms with Gasteiger partial charge >= 0.3 is 5.97 Å². The van der Waals surface area contributed by atoms with E-state index in [2.05, 4.69) is 15.3 Å². The van der Waals surface area contributed by atoms with Crippen LogP contribution in [0.1, 0.15) is 21.5 Å². The lowest BCUT2D eigenvalue weighted by Gasteiger charge is -2.08. The molecule has 0 heterocycles. The number of methoxy groups -OCH3 is 1. The van der Waals surface area contributed by atoms with E-state index in [9.17, 15) is 9.59 Å². The predicted molar refractivity (Wildman–Crippen MR) is 95.2 cm³/mol. The lowest BCUT2D eigenvalue weighted by atomic mass is 10.1. The number of aryl methyl sites for hydroxylation is 1. The molecule has 0 aromatic heterocycles. The number of ether oxygens (including phenoxy) is 2. The minimum atomic E-state index is -0.411. The summed E-state index contributed by atoms with van der Waals surface area (Å²) in [5.74, 6) is -0.217. The van der Waals surface area contributed by atoms with Crippen LogP contribution in [-0.2, 0) is 9.53 Å². The third kappa shape index (κ3) is 5.61. The van der Waals surface area contributed by atoms with Crippen molar-refractivity contribution >= 4 is 29.7 Å². The van der Waals surface area contributed by atoms with Gasteiger partial charge in [0, 0.05) is 5.02 Å². The third-order valence-corrected chi connectivity index (χ3v) is 3.47. The van der Waals surface area contributed by atoms with Gasteiger partial charge in [-0.15, -0.1) is 0 Å². The van der Waals surface area contributed by atoms with Gasteiger partial charge in [0.1, 0.15) is 5.75 Å². The molecule has 0 saturated carbocycles. The van der Waals surface area contributed by atoms with Crippen LogP contribution in [0.25, 0.3) is 0 Å². The molecule has 0 fully saturated rings. The molecule has 7 heteroatoms. The van der Waals surface area contributed by atoms with Crippen molar-refractivity contribution in [2.45, 2.75) is 6.92 Å². The number of hydrazone groups is 1. The topological polar surface area (TPSA) is 77.0 Å². The molecular formula is C18H17ClN2O4. The fourth-order valence-corrected chi connectivity index (χ4v) is 2.18. The zero-order chi connectivity index (χ0) is 18.2. The number of nitrogens with zero attached hydrogens (tertiary/aromatic N) is 1. The summed E-state index contributed by atoms with van der Waals surface area (Å²) in [5.41, 5.74) is 4.38. The number of benzene rings is 2. The maximum Gasteiger partial charge on any atom is 0.337 e. The highest BCUT2D eigenvalue weighted by atomic mass is 35.5. The first kappa shape index (κ1) is 18.5. The van der Waals surface area contributed by atoms with Crippen LogP contribution in [0.15, 0.2) is 47.6 Å². The quantitative estimate of drug-likeness (QED) is 0.488. The Kier molecular flexibility index (Phi) is 6.54. The normalized spacial score (nSPS) is 10.5. The Morgan fingerprint density at radius 2 is 1.92 bits per heavy atom. The Morgan fingerprint density at radius 3 is 2.56 bits per heavy atom. The summed E-state index contributed by atoms with van der Waals surface area (Å²) in [6.45, 7) is 1.68. The molecule has 6 nitrogen and oxygen atoms in total. The largest absolute Gasteiger partial charge is 0.483 e. The summed E-state index contributed by atoms with van der Waals surface area (Å²) < 4.78 is 10.0. The fraction of sp³-hybridized carbons (Fsp3) is 0.167. The zero-order valence-corrected chi connectivity index (χ0v) is 14.5. The molecule has 25 heavy (non-hydrogen) atoms. The summed E-state index contributed by atoms with van der Waals surface area (Å²) in [6, 6.07) is 11.8. The molecule has 0 unspecified atom stereocenters. The molecule has 0 atom stereocenters. The minimum Gasteiger partial charge on any atom is -0.483 e. The van der Waals surface area contributed by atoms with E-state index in [4.69, 9.17) is 16.3 Å². The van der Waals surface area contributed by atoms with Crippen molar-refractivity contribution in [2.75, 3.05) is 13.7 Å². The summed E-state index contributed by atoms with van der Waals surface area (Å²) in [7, 11) is 1.32. The van der Waals surface area contributed by atoms with E-state index in [1.807, 2.05) is 6.92 Å². The minimum absolute atomic E-state index is 0.166. The van der Waals surface area contributed by atoms with Crippen LogP contribution in [0, 0.1) is 6.92 Å². The molecule has 0 spiro atoms. The second kappa shape index (κ2) is 8.84. The summed E-state index contributed by atoms with van der Waals surface area (Å²) in [5, 5.41) is 4.45. The zero-order valence-electron chi connectivity index (χ0n) is 13.8. The van der Waals surface area contributed by atoms with Crippen LogP contribution < -0.4 is 10.2 Å². The first-order valence-electron chi connectivity index (χ1n) is 7.39. The number of carbonyl (C=O) groups is 2. The van der Waals surface area contributed by atoms with Crippen LogP contribution in [0.2, 0.25) is 5.02 Å². The van der Waals surface area contributed by atoms with Gasteiger partial charge in [-0.05, 0) is 48.4 Å². The lowest BCUT2D eigenvalue weighted by Crippen LogP contribution is -2.24. The number of hydrogen-bond donors (Lipinski definition) is 1. The molecule has 0 aliphatic rings. The molecule has 2 rings (SSSR count). The molecule has 0 aliphatic carbocycles. The molecule has 2 aromatic rings. The van der Waals surface area contributed by atoms with Crippen LogP contribution in [0.5, 0.6) is 5.75 Å².